The molecule has 1 fully saturated rings. The molecule has 1 aromatic heterocycles. The average Bonchev–Trinajstić information content (AvgIpc) is 2.69. The van der Waals surface area contributed by atoms with E-state index in [-0.39, 0.29) is 29.6 Å². The minimum atomic E-state index is -0.793. The summed E-state index contributed by atoms with van der Waals surface area (Å²) in [5.41, 5.74) is 1.78. The number of rotatable bonds is 10. The van der Waals surface area contributed by atoms with Crippen LogP contribution < -0.4 is 15.4 Å². The molecule has 1 amide bonds. The van der Waals surface area contributed by atoms with Gasteiger partial charge in [-0.3, -0.25) is 4.79 Å². The van der Waals surface area contributed by atoms with E-state index in [1.807, 2.05) is 0 Å². The van der Waals surface area contributed by atoms with Crippen LogP contribution in [0.25, 0.3) is 0 Å². The van der Waals surface area contributed by atoms with Gasteiger partial charge in [-0.05, 0) is 43.6 Å². The van der Waals surface area contributed by atoms with Crippen molar-refractivity contribution >= 4 is 17.5 Å². The van der Waals surface area contributed by atoms with Crippen LogP contribution in [0.5, 0.6) is 5.75 Å². The molecule has 1 aromatic rings. The van der Waals surface area contributed by atoms with Crippen LogP contribution in [0, 0.1) is 5.41 Å². The first-order valence-electron chi connectivity index (χ1n) is 11.7. The minimum Gasteiger partial charge on any atom is -0.484 e. The lowest BCUT2D eigenvalue weighted by molar-refractivity contribution is -0.126. The Morgan fingerprint density at radius 1 is 1.48 bits per heavy atom. The molecule has 184 valence electrons. The maximum atomic E-state index is 12.0. The number of nitrogens with zero attached hydrogens (tertiary/aromatic N) is 1. The molecule has 1 aliphatic heterocycles. The molecule has 0 unspecified atom stereocenters. The molecule has 7 nitrogen and oxygen atoms in total. The van der Waals surface area contributed by atoms with Crippen LogP contribution in [0.1, 0.15) is 70.2 Å². The number of aliphatic hydroxyl groups excluding tert-OH is 1. The Hall–Kier alpha value is -1.67. The zero-order chi connectivity index (χ0) is 24.2. The number of nitrogens with one attached hydrogen (secondary N) is 2. The van der Waals surface area contributed by atoms with Gasteiger partial charge in [-0.25, -0.2) is 4.98 Å². The molecule has 1 aliphatic carbocycles. The minimum absolute atomic E-state index is 0.0259. The molecule has 2 heterocycles. The summed E-state index contributed by atoms with van der Waals surface area (Å²) in [5.74, 6) is 0.390. The molecule has 0 saturated heterocycles. The van der Waals surface area contributed by atoms with E-state index < -0.39 is 12.1 Å². The SMILES string of the molecule is C=CC[C@H](NC(=O)COC)[C@H](O)CN[C@H]1CC2(CCC2)Oc2c1cc(CC(C)(C)C)nc2Cl. The van der Waals surface area contributed by atoms with Crippen molar-refractivity contribution in [3.8, 4) is 5.75 Å². The molecule has 0 bridgehead atoms. The lowest BCUT2D eigenvalue weighted by atomic mass is 9.73. The highest BCUT2D eigenvalue weighted by Gasteiger charge is 2.46. The summed E-state index contributed by atoms with van der Waals surface area (Å²) in [5, 5.41) is 17.6. The van der Waals surface area contributed by atoms with Crippen molar-refractivity contribution in [3.63, 3.8) is 0 Å². The highest BCUT2D eigenvalue weighted by Crippen LogP contribution is 2.50. The standard InChI is InChI=1S/C25H38ClN3O4/c1-6-8-18(29-21(31)15-32-5)20(30)14-27-19-13-25(9-7-10-25)33-22-17(19)11-16(28-23(22)26)12-24(2,3)4/h6,11,18-20,27,30H,1,7-10,12-15H2,2-5H3,(H,29,31)/t18-,19-,20+/m0/s1. The van der Waals surface area contributed by atoms with E-state index in [1.165, 1.54) is 7.11 Å². The Kier molecular flexibility index (Phi) is 8.43. The molecule has 8 heteroatoms. The number of hydrogen-bond acceptors (Lipinski definition) is 6. The molecule has 0 radical (unpaired) electrons. The first-order valence-corrected chi connectivity index (χ1v) is 12.1. The average molecular weight is 480 g/mol. The maximum absolute atomic E-state index is 12.0. The van der Waals surface area contributed by atoms with Gasteiger partial charge in [-0.2, -0.15) is 0 Å². The molecular weight excluding hydrogens is 442 g/mol. The normalized spacial score (nSPS) is 20.8. The zero-order valence-corrected chi connectivity index (χ0v) is 21.0. The molecule has 1 saturated carbocycles. The summed E-state index contributed by atoms with van der Waals surface area (Å²) in [6.45, 7) is 10.5. The van der Waals surface area contributed by atoms with E-state index in [2.05, 4.69) is 49.0 Å². The molecule has 3 atom stereocenters. The van der Waals surface area contributed by atoms with E-state index in [9.17, 15) is 9.90 Å². The smallest absolute Gasteiger partial charge is 0.246 e. The fraction of sp³-hybridized carbons (Fsp3) is 0.680. The highest BCUT2D eigenvalue weighted by atomic mass is 35.5. The van der Waals surface area contributed by atoms with Gasteiger partial charge in [-0.15, -0.1) is 6.58 Å². The third kappa shape index (κ3) is 6.69. The van der Waals surface area contributed by atoms with E-state index >= 15 is 0 Å². The van der Waals surface area contributed by atoms with Crippen molar-refractivity contribution in [2.75, 3.05) is 20.3 Å². The molecule has 0 aromatic carbocycles. The van der Waals surface area contributed by atoms with Crippen LogP contribution in [0.4, 0.5) is 0 Å². The fourth-order valence-electron chi connectivity index (χ4n) is 4.64. The van der Waals surface area contributed by atoms with Crippen LogP contribution in [0.3, 0.4) is 0 Å². The Labute approximate surface area is 202 Å². The van der Waals surface area contributed by atoms with Gasteiger partial charge in [0.25, 0.3) is 0 Å². The van der Waals surface area contributed by atoms with E-state index in [0.717, 1.165) is 43.4 Å². The van der Waals surface area contributed by atoms with Crippen LogP contribution >= 0.6 is 11.6 Å². The van der Waals surface area contributed by atoms with Gasteiger partial charge in [0.05, 0.1) is 12.1 Å². The number of amides is 1. The summed E-state index contributed by atoms with van der Waals surface area (Å²) < 4.78 is 11.3. The number of ether oxygens (including phenoxy) is 2. The third-order valence-corrected chi connectivity index (χ3v) is 6.60. The fourth-order valence-corrected chi connectivity index (χ4v) is 4.90. The van der Waals surface area contributed by atoms with E-state index in [4.69, 9.17) is 21.1 Å². The number of pyridine rings is 1. The van der Waals surface area contributed by atoms with Gasteiger partial charge in [-0.1, -0.05) is 38.4 Å². The predicted octanol–water partition coefficient (Wildman–Crippen LogP) is 3.73. The van der Waals surface area contributed by atoms with E-state index in [1.54, 1.807) is 6.08 Å². The summed E-state index contributed by atoms with van der Waals surface area (Å²) in [6, 6.07) is 1.61. The quantitative estimate of drug-likeness (QED) is 0.350. The Morgan fingerprint density at radius 3 is 2.79 bits per heavy atom. The number of aromatic nitrogens is 1. The Bertz CT molecular complexity index is 851. The molecule has 1 spiro atoms. The first kappa shape index (κ1) is 25.9. The highest BCUT2D eigenvalue weighted by molar-refractivity contribution is 6.31. The summed E-state index contributed by atoms with van der Waals surface area (Å²) in [4.78, 5) is 16.6. The van der Waals surface area contributed by atoms with Crippen molar-refractivity contribution in [3.05, 3.63) is 35.1 Å². The number of carbonyl (C=O) groups excluding carboxylic acids is 1. The van der Waals surface area contributed by atoms with Crippen molar-refractivity contribution in [1.82, 2.24) is 15.6 Å². The Balaban J connectivity index is 1.79. The maximum Gasteiger partial charge on any atom is 0.246 e. The van der Waals surface area contributed by atoms with Gasteiger partial charge in [0.1, 0.15) is 12.2 Å². The predicted molar refractivity (Wildman–Crippen MR) is 130 cm³/mol. The summed E-state index contributed by atoms with van der Waals surface area (Å²) in [7, 11) is 1.47. The van der Waals surface area contributed by atoms with Crippen molar-refractivity contribution in [1.29, 1.82) is 0 Å². The molecule has 3 N–H and O–H groups in total. The van der Waals surface area contributed by atoms with Gasteiger partial charge < -0.3 is 25.2 Å². The number of methoxy groups -OCH3 is 1. The Morgan fingerprint density at radius 2 is 2.21 bits per heavy atom. The lowest BCUT2D eigenvalue weighted by Gasteiger charge is -2.48. The second kappa shape index (κ2) is 10.7. The van der Waals surface area contributed by atoms with Crippen LogP contribution in [0.2, 0.25) is 5.15 Å². The topological polar surface area (TPSA) is 92.7 Å². The van der Waals surface area contributed by atoms with Crippen LogP contribution in [-0.2, 0) is 16.0 Å². The number of hydrogen-bond donors (Lipinski definition) is 3. The van der Waals surface area contributed by atoms with Crippen LogP contribution in [-0.4, -0.2) is 54.0 Å². The summed E-state index contributed by atoms with van der Waals surface area (Å²) in [6.07, 6.45) is 6.07. The van der Waals surface area contributed by atoms with E-state index in [0.29, 0.717) is 23.9 Å². The zero-order valence-electron chi connectivity index (χ0n) is 20.2. The van der Waals surface area contributed by atoms with Gasteiger partial charge in [0.15, 0.2) is 10.9 Å². The van der Waals surface area contributed by atoms with Gasteiger partial charge in [0, 0.05) is 37.4 Å². The largest absolute Gasteiger partial charge is 0.484 e. The monoisotopic (exact) mass is 479 g/mol. The molecule has 33 heavy (non-hydrogen) atoms. The number of fused-ring (bicyclic) bond motifs is 1. The first-order chi connectivity index (χ1) is 15.6. The van der Waals surface area contributed by atoms with Crippen molar-refractivity contribution < 1.29 is 19.4 Å². The number of aliphatic hydroxyl groups is 1. The van der Waals surface area contributed by atoms with Crippen molar-refractivity contribution in [2.45, 2.75) is 83.1 Å². The van der Waals surface area contributed by atoms with Gasteiger partial charge >= 0.3 is 0 Å². The van der Waals surface area contributed by atoms with Gasteiger partial charge in [0.2, 0.25) is 5.91 Å². The summed E-state index contributed by atoms with van der Waals surface area (Å²) >= 11 is 6.61. The third-order valence-electron chi connectivity index (χ3n) is 6.34. The lowest BCUT2D eigenvalue weighted by Crippen LogP contribution is -2.52. The molecular formula is C25H38ClN3O4. The van der Waals surface area contributed by atoms with Crippen LogP contribution in [0.15, 0.2) is 18.7 Å². The second-order valence-corrected chi connectivity index (χ2v) is 10.9. The number of halogens is 1. The molecule has 2 aliphatic rings. The van der Waals surface area contributed by atoms with Crippen molar-refractivity contribution in [2.24, 2.45) is 5.41 Å². The molecule has 3 rings (SSSR count). The second-order valence-electron chi connectivity index (χ2n) is 10.6. The number of carbonyl (C=O) groups is 1.